The van der Waals surface area contributed by atoms with Crippen LogP contribution in [0.4, 0.5) is 5.82 Å². The Hall–Kier alpha value is -3.22. The molecule has 1 fully saturated rings. The van der Waals surface area contributed by atoms with Crippen LogP contribution in [0.1, 0.15) is 18.5 Å². The summed E-state index contributed by atoms with van der Waals surface area (Å²) < 4.78 is 5.80. The Balaban J connectivity index is 1.23. The summed E-state index contributed by atoms with van der Waals surface area (Å²) >= 11 is 0. The molecule has 0 unspecified atom stereocenters. The normalized spacial score (nSPS) is 17.3. The van der Waals surface area contributed by atoms with Crippen molar-refractivity contribution in [2.45, 2.75) is 25.9 Å². The number of nitrogens with zero attached hydrogens (tertiary/aromatic N) is 2. The molecule has 0 radical (unpaired) electrons. The van der Waals surface area contributed by atoms with Gasteiger partial charge in [-0.3, -0.25) is 9.69 Å². The van der Waals surface area contributed by atoms with Gasteiger partial charge in [-0.15, -0.1) is 0 Å². The zero-order chi connectivity index (χ0) is 23.0. The van der Waals surface area contributed by atoms with E-state index in [4.69, 9.17) is 4.74 Å². The molecule has 2 atom stereocenters. The number of amides is 1. The molecule has 0 aliphatic carbocycles. The lowest BCUT2D eigenvalue weighted by Crippen LogP contribution is -2.44. The topological polar surface area (TPSA) is 74.7 Å². The van der Waals surface area contributed by atoms with Crippen LogP contribution in [-0.2, 0) is 4.79 Å². The molecule has 2 heterocycles. The number of aryl methyl sites for hydroxylation is 1. The Morgan fingerprint density at radius 1 is 1.09 bits per heavy atom. The van der Waals surface area contributed by atoms with Gasteiger partial charge in [0.05, 0.1) is 5.92 Å². The number of carbonyl (C=O) groups is 1. The number of anilines is 1. The summed E-state index contributed by atoms with van der Waals surface area (Å²) in [6, 6.07) is 23.7. The van der Waals surface area contributed by atoms with E-state index in [1.165, 1.54) is 0 Å². The minimum atomic E-state index is -0.626. The van der Waals surface area contributed by atoms with Crippen molar-refractivity contribution in [1.29, 1.82) is 0 Å². The molecule has 1 aromatic heterocycles. The number of carbonyl (C=O) groups excluding carboxylic acids is 1. The number of benzene rings is 2. The Kier molecular flexibility index (Phi) is 7.70. The van der Waals surface area contributed by atoms with Gasteiger partial charge < -0.3 is 15.2 Å². The fraction of sp³-hybridized carbons (Fsp3) is 0.333. The first-order chi connectivity index (χ1) is 16.1. The molecule has 2 N–H and O–H groups in total. The molecule has 6 heteroatoms. The number of hydrogen-bond acceptors (Lipinski definition) is 5. The number of aliphatic hydroxyl groups excluding tert-OH is 1. The molecule has 4 rings (SSSR count). The third kappa shape index (κ3) is 6.63. The lowest BCUT2D eigenvalue weighted by Gasteiger charge is -2.33. The summed E-state index contributed by atoms with van der Waals surface area (Å²) in [6.45, 7) is 4.09. The maximum absolute atomic E-state index is 12.7. The van der Waals surface area contributed by atoms with Crippen molar-refractivity contribution in [3.63, 3.8) is 0 Å². The highest BCUT2D eigenvalue weighted by Gasteiger charge is 2.27. The Labute approximate surface area is 195 Å². The number of ether oxygens (including phenoxy) is 1. The van der Waals surface area contributed by atoms with Gasteiger partial charge >= 0.3 is 0 Å². The lowest BCUT2D eigenvalue weighted by molar-refractivity contribution is -0.121. The van der Waals surface area contributed by atoms with Gasteiger partial charge in [-0.2, -0.15) is 0 Å². The van der Waals surface area contributed by atoms with E-state index in [1.54, 1.807) is 6.07 Å². The van der Waals surface area contributed by atoms with Crippen molar-refractivity contribution in [3.05, 3.63) is 78.5 Å². The minimum Gasteiger partial charge on any atom is -0.491 e. The van der Waals surface area contributed by atoms with Crippen molar-refractivity contribution < 1.29 is 14.6 Å². The summed E-state index contributed by atoms with van der Waals surface area (Å²) in [6.07, 6.45) is 1.14. The quantitative estimate of drug-likeness (QED) is 0.545. The molecule has 6 nitrogen and oxygen atoms in total. The molecule has 1 amide bonds. The summed E-state index contributed by atoms with van der Waals surface area (Å²) in [5.41, 5.74) is 3.16. The second-order valence-electron chi connectivity index (χ2n) is 8.61. The van der Waals surface area contributed by atoms with E-state index in [9.17, 15) is 9.90 Å². The number of aromatic nitrogens is 1. The van der Waals surface area contributed by atoms with Gasteiger partial charge in [0.2, 0.25) is 5.91 Å². The highest BCUT2D eigenvalue weighted by atomic mass is 16.5. The summed E-state index contributed by atoms with van der Waals surface area (Å²) in [7, 11) is 0. The first-order valence-corrected chi connectivity index (χ1v) is 11.5. The summed E-state index contributed by atoms with van der Waals surface area (Å²) in [5.74, 6) is 1.20. The van der Waals surface area contributed by atoms with Gasteiger partial charge in [0.1, 0.15) is 24.3 Å². The fourth-order valence-electron chi connectivity index (χ4n) is 4.19. The first-order valence-electron chi connectivity index (χ1n) is 11.5. The molecule has 1 saturated heterocycles. The van der Waals surface area contributed by atoms with E-state index in [0.717, 1.165) is 42.0 Å². The van der Waals surface area contributed by atoms with Gasteiger partial charge in [0.25, 0.3) is 0 Å². The fourth-order valence-corrected chi connectivity index (χ4v) is 4.19. The summed E-state index contributed by atoms with van der Waals surface area (Å²) in [5, 5.41) is 13.4. The first kappa shape index (κ1) is 23.0. The highest BCUT2D eigenvalue weighted by molar-refractivity contribution is 5.91. The van der Waals surface area contributed by atoms with Crippen molar-refractivity contribution in [2.24, 2.45) is 5.92 Å². The molecule has 0 saturated carbocycles. The van der Waals surface area contributed by atoms with E-state index >= 15 is 0 Å². The molecule has 172 valence electrons. The van der Waals surface area contributed by atoms with Crippen molar-refractivity contribution in [1.82, 2.24) is 9.88 Å². The second kappa shape index (κ2) is 11.1. The van der Waals surface area contributed by atoms with Crippen LogP contribution in [0, 0.1) is 12.8 Å². The van der Waals surface area contributed by atoms with Crippen molar-refractivity contribution in [3.8, 4) is 16.9 Å². The maximum atomic E-state index is 12.7. The SMILES string of the molecule is Cc1cccc(NC(=O)[C@H]2CCCN(C[C@H](O)COc3ccc(-c4ccccc4)cc3)C2)n1. The largest absolute Gasteiger partial charge is 0.491 e. The molecule has 3 aromatic rings. The number of piperidine rings is 1. The number of aliphatic hydroxyl groups is 1. The zero-order valence-electron chi connectivity index (χ0n) is 19.0. The van der Waals surface area contributed by atoms with E-state index in [-0.39, 0.29) is 18.4 Å². The molecule has 0 spiro atoms. The van der Waals surface area contributed by atoms with E-state index in [1.807, 2.05) is 61.5 Å². The van der Waals surface area contributed by atoms with Crippen LogP contribution in [-0.4, -0.2) is 53.2 Å². The predicted octanol–water partition coefficient (Wildman–Crippen LogP) is 4.15. The van der Waals surface area contributed by atoms with E-state index in [2.05, 4.69) is 27.3 Å². The molecule has 2 aromatic carbocycles. The average Bonchev–Trinajstić information content (AvgIpc) is 2.84. The third-order valence-electron chi connectivity index (χ3n) is 5.89. The van der Waals surface area contributed by atoms with Crippen molar-refractivity contribution in [2.75, 3.05) is 31.6 Å². The molecule has 1 aliphatic rings. The predicted molar refractivity (Wildman–Crippen MR) is 130 cm³/mol. The molecular weight excluding hydrogens is 414 g/mol. The average molecular weight is 446 g/mol. The van der Waals surface area contributed by atoms with Gasteiger partial charge in [-0.25, -0.2) is 4.98 Å². The Morgan fingerprint density at radius 2 is 1.85 bits per heavy atom. The Morgan fingerprint density at radius 3 is 2.61 bits per heavy atom. The van der Waals surface area contributed by atoms with Gasteiger partial charge in [-0.1, -0.05) is 48.5 Å². The number of likely N-dealkylation sites (tertiary alicyclic amines) is 1. The van der Waals surface area contributed by atoms with Crippen LogP contribution in [0.5, 0.6) is 5.75 Å². The van der Waals surface area contributed by atoms with Crippen LogP contribution < -0.4 is 10.1 Å². The number of hydrogen-bond donors (Lipinski definition) is 2. The second-order valence-corrected chi connectivity index (χ2v) is 8.61. The van der Waals surface area contributed by atoms with E-state index < -0.39 is 6.10 Å². The molecular formula is C27H31N3O3. The van der Waals surface area contributed by atoms with Crippen LogP contribution in [0.25, 0.3) is 11.1 Å². The highest BCUT2D eigenvalue weighted by Crippen LogP contribution is 2.22. The number of nitrogens with one attached hydrogen (secondary N) is 1. The molecule has 1 aliphatic heterocycles. The van der Waals surface area contributed by atoms with Crippen LogP contribution >= 0.6 is 0 Å². The number of rotatable bonds is 8. The summed E-state index contributed by atoms with van der Waals surface area (Å²) in [4.78, 5) is 19.2. The number of pyridine rings is 1. The molecule has 33 heavy (non-hydrogen) atoms. The smallest absolute Gasteiger partial charge is 0.229 e. The lowest BCUT2D eigenvalue weighted by atomic mass is 9.97. The Bertz CT molecular complexity index is 1040. The maximum Gasteiger partial charge on any atom is 0.229 e. The minimum absolute atomic E-state index is 0.0120. The standard InChI is InChI=1S/C27H31N3O3/c1-20-7-5-11-26(28-20)29-27(32)23-10-6-16-30(17-23)18-24(31)19-33-25-14-12-22(13-15-25)21-8-3-2-4-9-21/h2-5,7-9,11-15,23-24,31H,6,10,16-19H2,1H3,(H,28,29,32)/t23-,24-/m0/s1. The molecule has 0 bridgehead atoms. The van der Waals surface area contributed by atoms with Gasteiger partial charge in [0, 0.05) is 18.8 Å². The van der Waals surface area contributed by atoms with Gasteiger partial charge in [-0.05, 0) is 61.7 Å². The zero-order valence-corrected chi connectivity index (χ0v) is 19.0. The van der Waals surface area contributed by atoms with Crippen LogP contribution in [0.15, 0.2) is 72.8 Å². The van der Waals surface area contributed by atoms with Crippen molar-refractivity contribution >= 4 is 11.7 Å². The van der Waals surface area contributed by atoms with E-state index in [0.29, 0.717) is 18.9 Å². The number of β-amino-alcohol motifs (C(OH)–C–C–N with tert-alkyl or cyclic N) is 1. The van der Waals surface area contributed by atoms with Gasteiger partial charge in [0.15, 0.2) is 0 Å². The third-order valence-corrected chi connectivity index (χ3v) is 5.89. The van der Waals surface area contributed by atoms with Crippen LogP contribution in [0.2, 0.25) is 0 Å². The monoisotopic (exact) mass is 445 g/mol. The van der Waals surface area contributed by atoms with Crippen LogP contribution in [0.3, 0.4) is 0 Å².